The maximum atomic E-state index is 13.2. The van der Waals surface area contributed by atoms with Crippen LogP contribution in [0.1, 0.15) is 22.0 Å². The predicted octanol–water partition coefficient (Wildman–Crippen LogP) is 0.643. The summed E-state index contributed by atoms with van der Waals surface area (Å²) in [6, 6.07) is 0.665. The summed E-state index contributed by atoms with van der Waals surface area (Å²) in [5, 5.41) is 26.8. The molecular weight excluding hydrogens is 241 g/mol. The first-order chi connectivity index (χ1) is 6.99. The fraction of sp³-hybridized carbons (Fsp3) is 0.222. The van der Waals surface area contributed by atoms with Crippen molar-refractivity contribution in [2.24, 2.45) is 5.73 Å². The Labute approximate surface area is 96.7 Å². The lowest BCUT2D eigenvalue weighted by molar-refractivity contribution is 0.0693. The van der Waals surface area contributed by atoms with Gasteiger partial charge < -0.3 is 21.1 Å². The van der Waals surface area contributed by atoms with Gasteiger partial charge in [-0.25, -0.2) is 9.18 Å². The van der Waals surface area contributed by atoms with Gasteiger partial charge in [-0.05, 0) is 12.1 Å². The highest BCUT2D eigenvalue weighted by Gasteiger charge is 2.21. The average molecular weight is 252 g/mol. The van der Waals surface area contributed by atoms with Gasteiger partial charge in [-0.1, -0.05) is 0 Å². The lowest BCUT2D eigenvalue weighted by atomic mass is 10.0. The Bertz CT molecular complexity index is 399. The summed E-state index contributed by atoms with van der Waals surface area (Å²) in [7, 11) is 0. The van der Waals surface area contributed by atoms with Gasteiger partial charge in [0.2, 0.25) is 0 Å². The molecule has 0 spiro atoms. The van der Waals surface area contributed by atoms with Crippen molar-refractivity contribution in [1.29, 1.82) is 0 Å². The minimum Gasteiger partial charge on any atom is -0.507 e. The van der Waals surface area contributed by atoms with E-state index in [0.29, 0.717) is 0 Å². The number of carboxylic acids is 1. The van der Waals surface area contributed by atoms with Crippen LogP contribution in [-0.4, -0.2) is 27.9 Å². The van der Waals surface area contributed by atoms with Crippen molar-refractivity contribution in [3.05, 3.63) is 29.1 Å². The molecule has 0 aromatic heterocycles. The molecule has 90 valence electrons. The lowest BCUT2D eigenvalue weighted by Gasteiger charge is -2.13. The Hall–Kier alpha value is -1.37. The zero-order valence-electron chi connectivity index (χ0n) is 8.05. The van der Waals surface area contributed by atoms with Gasteiger partial charge in [0.05, 0.1) is 12.6 Å². The molecule has 0 aliphatic rings. The number of carbonyl (C=O) groups is 1. The summed E-state index contributed by atoms with van der Waals surface area (Å²) < 4.78 is 13.2. The van der Waals surface area contributed by atoms with Crippen LogP contribution in [0.4, 0.5) is 4.39 Å². The minimum atomic E-state index is -1.39. The Morgan fingerprint density at radius 3 is 2.50 bits per heavy atom. The van der Waals surface area contributed by atoms with E-state index in [1.54, 1.807) is 0 Å². The minimum absolute atomic E-state index is 0. The number of nitrogens with two attached hydrogens (primary N) is 1. The second-order valence-corrected chi connectivity index (χ2v) is 2.95. The van der Waals surface area contributed by atoms with Crippen molar-refractivity contribution in [3.63, 3.8) is 0 Å². The van der Waals surface area contributed by atoms with E-state index in [1.165, 1.54) is 0 Å². The molecule has 0 saturated carbocycles. The number of aliphatic hydroxyl groups is 1. The number of aromatic hydroxyl groups is 1. The quantitative estimate of drug-likeness (QED) is 0.631. The molecule has 0 unspecified atom stereocenters. The molecule has 0 radical (unpaired) electrons. The summed E-state index contributed by atoms with van der Waals surface area (Å²) in [6.45, 7) is -0.590. The van der Waals surface area contributed by atoms with Crippen LogP contribution < -0.4 is 5.73 Å². The van der Waals surface area contributed by atoms with E-state index in [1.807, 2.05) is 0 Å². The van der Waals surface area contributed by atoms with Crippen LogP contribution in [0.5, 0.6) is 5.75 Å². The number of phenols is 1. The number of carboxylic acid groups (broad SMARTS) is 1. The van der Waals surface area contributed by atoms with Crippen molar-refractivity contribution in [3.8, 4) is 5.75 Å². The Kier molecular flexibility index (Phi) is 5.16. The van der Waals surface area contributed by atoms with E-state index < -0.39 is 41.3 Å². The maximum absolute atomic E-state index is 13.2. The van der Waals surface area contributed by atoms with Crippen molar-refractivity contribution >= 4 is 18.4 Å². The summed E-state index contributed by atoms with van der Waals surface area (Å²) in [5.74, 6) is -2.98. The fourth-order valence-electron chi connectivity index (χ4n) is 1.20. The standard InChI is InChI=1S/C9H10FNO4.ClH/c10-5-2-1-4(9(14)15)8(13)7(5)6(11)3-12;/h1-2,6,12-13H,3,11H2,(H,14,15);1H/t6-;/m1./s1. The van der Waals surface area contributed by atoms with Crippen LogP contribution >= 0.6 is 12.4 Å². The second kappa shape index (κ2) is 5.64. The topological polar surface area (TPSA) is 104 Å². The van der Waals surface area contributed by atoms with Crippen molar-refractivity contribution in [2.75, 3.05) is 6.61 Å². The molecule has 7 heteroatoms. The monoisotopic (exact) mass is 251 g/mol. The van der Waals surface area contributed by atoms with E-state index in [9.17, 15) is 14.3 Å². The Morgan fingerprint density at radius 1 is 1.50 bits per heavy atom. The van der Waals surface area contributed by atoms with Gasteiger partial charge in [-0.2, -0.15) is 0 Å². The van der Waals surface area contributed by atoms with Gasteiger partial charge in [0.25, 0.3) is 0 Å². The average Bonchev–Trinajstić information content (AvgIpc) is 2.16. The molecule has 16 heavy (non-hydrogen) atoms. The third kappa shape index (κ3) is 2.60. The zero-order chi connectivity index (χ0) is 11.6. The lowest BCUT2D eigenvalue weighted by Crippen LogP contribution is -2.17. The van der Waals surface area contributed by atoms with Crippen molar-refractivity contribution in [1.82, 2.24) is 0 Å². The van der Waals surface area contributed by atoms with Crippen molar-refractivity contribution < 1.29 is 24.5 Å². The van der Waals surface area contributed by atoms with Gasteiger partial charge >= 0.3 is 5.97 Å². The highest BCUT2D eigenvalue weighted by Crippen LogP contribution is 2.29. The highest BCUT2D eigenvalue weighted by molar-refractivity contribution is 5.91. The van der Waals surface area contributed by atoms with E-state index in [-0.39, 0.29) is 12.4 Å². The largest absolute Gasteiger partial charge is 0.507 e. The van der Waals surface area contributed by atoms with Gasteiger partial charge in [0.15, 0.2) is 0 Å². The number of benzene rings is 1. The van der Waals surface area contributed by atoms with E-state index in [4.69, 9.17) is 15.9 Å². The second-order valence-electron chi connectivity index (χ2n) is 2.95. The number of hydrogen-bond acceptors (Lipinski definition) is 4. The van der Waals surface area contributed by atoms with E-state index in [0.717, 1.165) is 12.1 Å². The molecule has 0 aliphatic carbocycles. The molecule has 1 rings (SSSR count). The number of aliphatic hydroxyl groups excluding tert-OH is 1. The number of halogens is 2. The smallest absolute Gasteiger partial charge is 0.339 e. The SMILES string of the molecule is Cl.N[C@H](CO)c1c(F)ccc(C(=O)O)c1O. The Balaban J connectivity index is 0.00000225. The fourth-order valence-corrected chi connectivity index (χ4v) is 1.20. The predicted molar refractivity (Wildman–Crippen MR) is 56.3 cm³/mol. The molecule has 1 aromatic rings. The van der Waals surface area contributed by atoms with Gasteiger partial charge in [-0.3, -0.25) is 0 Å². The molecule has 0 saturated heterocycles. The number of aromatic carboxylic acids is 1. The van der Waals surface area contributed by atoms with Crippen molar-refractivity contribution in [2.45, 2.75) is 6.04 Å². The van der Waals surface area contributed by atoms with Crippen LogP contribution in [0.15, 0.2) is 12.1 Å². The number of hydrogen-bond donors (Lipinski definition) is 4. The van der Waals surface area contributed by atoms with E-state index in [2.05, 4.69) is 0 Å². The van der Waals surface area contributed by atoms with Gasteiger partial charge in [-0.15, -0.1) is 12.4 Å². The third-order valence-corrected chi connectivity index (χ3v) is 1.96. The first-order valence-corrected chi connectivity index (χ1v) is 4.10. The molecule has 5 N–H and O–H groups in total. The third-order valence-electron chi connectivity index (χ3n) is 1.96. The van der Waals surface area contributed by atoms with Crippen LogP contribution in [0.2, 0.25) is 0 Å². The zero-order valence-corrected chi connectivity index (χ0v) is 8.87. The van der Waals surface area contributed by atoms with Crippen LogP contribution in [0.25, 0.3) is 0 Å². The molecule has 5 nitrogen and oxygen atoms in total. The molecule has 0 fully saturated rings. The molecule has 1 atom stereocenters. The summed E-state index contributed by atoms with van der Waals surface area (Å²) in [4.78, 5) is 10.6. The summed E-state index contributed by atoms with van der Waals surface area (Å²) in [5.41, 5.74) is 4.48. The maximum Gasteiger partial charge on any atom is 0.339 e. The Morgan fingerprint density at radius 2 is 2.06 bits per heavy atom. The van der Waals surface area contributed by atoms with Gasteiger partial charge in [0.1, 0.15) is 17.1 Å². The van der Waals surface area contributed by atoms with Crippen LogP contribution in [0.3, 0.4) is 0 Å². The van der Waals surface area contributed by atoms with Crippen LogP contribution in [0, 0.1) is 5.82 Å². The summed E-state index contributed by atoms with van der Waals surface area (Å²) >= 11 is 0. The molecular formula is C9H11ClFNO4. The van der Waals surface area contributed by atoms with Gasteiger partial charge in [0, 0.05) is 5.56 Å². The number of rotatable bonds is 3. The molecule has 0 bridgehead atoms. The van der Waals surface area contributed by atoms with Crippen LogP contribution in [-0.2, 0) is 0 Å². The summed E-state index contributed by atoms with van der Waals surface area (Å²) in [6.07, 6.45) is 0. The first kappa shape index (κ1) is 14.6. The normalized spacial score (nSPS) is 11.7. The van der Waals surface area contributed by atoms with E-state index >= 15 is 0 Å². The first-order valence-electron chi connectivity index (χ1n) is 4.10. The molecule has 1 aromatic carbocycles. The molecule has 0 aliphatic heterocycles. The highest BCUT2D eigenvalue weighted by atomic mass is 35.5. The molecule has 0 heterocycles. The molecule has 0 amide bonds.